The van der Waals surface area contributed by atoms with Crippen molar-refractivity contribution in [1.82, 2.24) is 14.5 Å². The third-order valence-corrected chi connectivity index (χ3v) is 5.43. The van der Waals surface area contributed by atoms with Crippen LogP contribution in [-0.4, -0.2) is 26.9 Å². The lowest BCUT2D eigenvalue weighted by Gasteiger charge is -2.23. The van der Waals surface area contributed by atoms with Gasteiger partial charge >= 0.3 is 0 Å². The van der Waals surface area contributed by atoms with Crippen LogP contribution in [0.4, 0.5) is 8.78 Å². The molecular formula is C22H22ClF2N3O. The maximum Gasteiger partial charge on any atom is 0.257 e. The molecule has 0 atom stereocenters. The Labute approximate surface area is 173 Å². The van der Waals surface area contributed by atoms with Gasteiger partial charge in [-0.05, 0) is 61.6 Å². The highest BCUT2D eigenvalue weighted by Crippen LogP contribution is 2.33. The molecule has 0 N–H and O–H groups in total. The Kier molecular flexibility index (Phi) is 5.54. The van der Waals surface area contributed by atoms with E-state index in [9.17, 15) is 13.6 Å². The molecule has 1 heterocycles. The van der Waals surface area contributed by atoms with Crippen LogP contribution in [0.25, 0.3) is 11.0 Å². The van der Waals surface area contributed by atoms with E-state index in [0.717, 1.165) is 41.6 Å². The Morgan fingerprint density at radius 1 is 1.24 bits per heavy atom. The van der Waals surface area contributed by atoms with Crippen LogP contribution in [0.5, 0.6) is 0 Å². The summed E-state index contributed by atoms with van der Waals surface area (Å²) in [6, 6.07) is 8.48. The molecule has 1 amide bonds. The van der Waals surface area contributed by atoms with Gasteiger partial charge < -0.3 is 9.47 Å². The molecule has 3 aromatic rings. The first kappa shape index (κ1) is 19.8. The summed E-state index contributed by atoms with van der Waals surface area (Å²) < 4.78 is 29.9. The first-order valence-corrected chi connectivity index (χ1v) is 10.2. The largest absolute Gasteiger partial charge is 0.331 e. The Morgan fingerprint density at radius 2 is 2.03 bits per heavy atom. The third-order valence-electron chi connectivity index (χ3n) is 5.20. The molecular weight excluding hydrogens is 396 g/mol. The second-order valence-electron chi connectivity index (χ2n) is 7.57. The van der Waals surface area contributed by atoms with Gasteiger partial charge in [0.15, 0.2) is 0 Å². The van der Waals surface area contributed by atoms with Gasteiger partial charge in [0.2, 0.25) is 0 Å². The van der Waals surface area contributed by atoms with Crippen molar-refractivity contribution < 1.29 is 13.6 Å². The highest BCUT2D eigenvalue weighted by atomic mass is 35.5. The number of carbonyl (C=O) groups excluding carboxylic acids is 1. The normalized spacial score (nSPS) is 13.8. The molecule has 1 aliphatic rings. The van der Waals surface area contributed by atoms with E-state index in [4.69, 9.17) is 16.6 Å². The van der Waals surface area contributed by atoms with Gasteiger partial charge in [0.1, 0.15) is 17.5 Å². The first-order chi connectivity index (χ1) is 14.0. The van der Waals surface area contributed by atoms with E-state index in [-0.39, 0.29) is 12.1 Å². The molecule has 0 radical (unpaired) electrons. The number of halogens is 3. The molecule has 29 heavy (non-hydrogen) atoms. The van der Waals surface area contributed by atoms with Crippen molar-refractivity contribution in [3.8, 4) is 0 Å². The zero-order chi connectivity index (χ0) is 20.5. The van der Waals surface area contributed by atoms with Gasteiger partial charge in [-0.2, -0.15) is 0 Å². The van der Waals surface area contributed by atoms with Crippen molar-refractivity contribution in [1.29, 1.82) is 0 Å². The van der Waals surface area contributed by atoms with Gasteiger partial charge in [-0.25, -0.2) is 13.8 Å². The molecule has 0 bridgehead atoms. The number of fused-ring (bicyclic) bond motifs is 1. The van der Waals surface area contributed by atoms with Crippen LogP contribution in [0, 0.1) is 17.6 Å². The second kappa shape index (κ2) is 8.11. The van der Waals surface area contributed by atoms with Gasteiger partial charge in [0.05, 0.1) is 23.1 Å². The van der Waals surface area contributed by atoms with Crippen molar-refractivity contribution in [3.63, 3.8) is 0 Å². The highest BCUT2D eigenvalue weighted by molar-refractivity contribution is 6.31. The van der Waals surface area contributed by atoms with Gasteiger partial charge in [-0.3, -0.25) is 4.79 Å². The van der Waals surface area contributed by atoms with Crippen LogP contribution in [0.3, 0.4) is 0 Å². The van der Waals surface area contributed by atoms with E-state index in [1.165, 1.54) is 17.7 Å². The summed E-state index contributed by atoms with van der Waals surface area (Å²) >= 11 is 6.19. The smallest absolute Gasteiger partial charge is 0.257 e. The molecule has 1 saturated carbocycles. The van der Waals surface area contributed by atoms with Crippen LogP contribution in [0.2, 0.25) is 5.02 Å². The van der Waals surface area contributed by atoms with Crippen LogP contribution in [0.1, 0.15) is 42.4 Å². The van der Waals surface area contributed by atoms with Crippen LogP contribution >= 0.6 is 11.6 Å². The van der Waals surface area contributed by atoms with E-state index in [0.29, 0.717) is 23.9 Å². The Bertz CT molecular complexity index is 1060. The Morgan fingerprint density at radius 3 is 2.76 bits per heavy atom. The van der Waals surface area contributed by atoms with E-state index >= 15 is 0 Å². The molecule has 1 aromatic heterocycles. The molecule has 4 rings (SSSR count). The van der Waals surface area contributed by atoms with Crippen LogP contribution in [0.15, 0.2) is 36.4 Å². The number of aromatic nitrogens is 2. The molecule has 4 nitrogen and oxygen atoms in total. The summed E-state index contributed by atoms with van der Waals surface area (Å²) in [6.07, 6.45) is 3.04. The summed E-state index contributed by atoms with van der Waals surface area (Å²) in [5, 5.41) is 0.629. The van der Waals surface area contributed by atoms with Gasteiger partial charge in [0.25, 0.3) is 5.91 Å². The molecule has 0 saturated heterocycles. The summed E-state index contributed by atoms with van der Waals surface area (Å²) in [5.74, 6) is -0.571. The van der Waals surface area contributed by atoms with Crippen LogP contribution in [-0.2, 0) is 13.1 Å². The zero-order valence-electron chi connectivity index (χ0n) is 16.2. The van der Waals surface area contributed by atoms with E-state index in [1.54, 1.807) is 6.07 Å². The summed E-state index contributed by atoms with van der Waals surface area (Å²) in [4.78, 5) is 19.2. The molecule has 1 aliphatic carbocycles. The molecule has 0 spiro atoms. The predicted octanol–water partition coefficient (Wildman–Crippen LogP) is 5.43. The van der Waals surface area contributed by atoms with E-state index in [2.05, 4.69) is 4.57 Å². The first-order valence-electron chi connectivity index (χ1n) is 9.85. The highest BCUT2D eigenvalue weighted by Gasteiger charge is 2.26. The molecule has 0 aliphatic heterocycles. The number of rotatable bonds is 7. The second-order valence-corrected chi connectivity index (χ2v) is 8.00. The van der Waals surface area contributed by atoms with Crippen molar-refractivity contribution >= 4 is 28.5 Å². The fourth-order valence-corrected chi connectivity index (χ4v) is 3.72. The lowest BCUT2D eigenvalue weighted by Crippen LogP contribution is -2.33. The van der Waals surface area contributed by atoms with Gasteiger partial charge in [0, 0.05) is 18.1 Å². The average Bonchev–Trinajstić information content (AvgIpc) is 3.46. The summed E-state index contributed by atoms with van der Waals surface area (Å²) in [7, 11) is 0. The summed E-state index contributed by atoms with van der Waals surface area (Å²) in [6.45, 7) is 3.40. The fourth-order valence-electron chi connectivity index (χ4n) is 3.55. The number of imidazole rings is 1. The Hall–Kier alpha value is -2.47. The van der Waals surface area contributed by atoms with Crippen molar-refractivity contribution in [2.75, 3.05) is 6.54 Å². The predicted molar refractivity (Wildman–Crippen MR) is 109 cm³/mol. The third kappa shape index (κ3) is 4.27. The lowest BCUT2D eigenvalue weighted by molar-refractivity contribution is 0.0732. The van der Waals surface area contributed by atoms with Crippen molar-refractivity contribution in [2.45, 2.75) is 39.3 Å². The minimum atomic E-state index is -0.726. The molecule has 2 aromatic carbocycles. The average molecular weight is 418 g/mol. The van der Waals surface area contributed by atoms with Gasteiger partial charge in [-0.1, -0.05) is 18.5 Å². The number of hydrogen-bond donors (Lipinski definition) is 0. The van der Waals surface area contributed by atoms with E-state index < -0.39 is 17.5 Å². The minimum Gasteiger partial charge on any atom is -0.331 e. The maximum absolute atomic E-state index is 14.2. The number of amides is 1. The molecule has 7 heteroatoms. The number of carbonyl (C=O) groups is 1. The van der Waals surface area contributed by atoms with E-state index in [1.807, 2.05) is 19.1 Å². The fraction of sp³-hybridized carbons (Fsp3) is 0.364. The molecule has 0 unspecified atom stereocenters. The van der Waals surface area contributed by atoms with Gasteiger partial charge in [-0.15, -0.1) is 0 Å². The maximum atomic E-state index is 14.2. The SMILES string of the molecule is CCCN(Cc1nc2ccc(Cl)cc2n1CC1CC1)C(=O)c1cc(F)ccc1F. The standard InChI is InChI=1S/C22H22ClF2N3O/c1-2-9-27(22(29)17-11-16(24)6-7-18(17)25)13-21-26-19-8-5-15(23)10-20(19)28(21)12-14-3-4-14/h5-8,10-11,14H,2-4,9,12-13H2,1H3. The zero-order valence-corrected chi connectivity index (χ0v) is 16.9. The number of hydrogen-bond acceptors (Lipinski definition) is 2. The lowest BCUT2D eigenvalue weighted by atomic mass is 10.1. The molecule has 1 fully saturated rings. The number of benzene rings is 2. The minimum absolute atomic E-state index is 0.224. The Balaban J connectivity index is 1.70. The quantitative estimate of drug-likeness (QED) is 0.514. The molecule has 152 valence electrons. The number of nitrogens with zero attached hydrogens (tertiary/aromatic N) is 3. The van der Waals surface area contributed by atoms with Crippen molar-refractivity contribution in [2.24, 2.45) is 5.92 Å². The summed E-state index contributed by atoms with van der Waals surface area (Å²) in [5.41, 5.74) is 1.48. The van der Waals surface area contributed by atoms with Crippen LogP contribution < -0.4 is 0 Å². The monoisotopic (exact) mass is 417 g/mol. The topological polar surface area (TPSA) is 38.1 Å². The van der Waals surface area contributed by atoms with Crippen molar-refractivity contribution in [3.05, 3.63) is 64.4 Å².